The minimum absolute atomic E-state index is 0.175. The predicted octanol–water partition coefficient (Wildman–Crippen LogP) is 2.57. The van der Waals surface area contributed by atoms with Gasteiger partial charge in [0.05, 0.1) is 4.92 Å². The number of nitrogens with zero attached hydrogens (tertiary/aromatic N) is 4. The number of hydrogen-bond acceptors (Lipinski definition) is 7. The van der Waals surface area contributed by atoms with Crippen LogP contribution >= 0.6 is 11.8 Å². The second-order valence-electron chi connectivity index (χ2n) is 4.55. The second kappa shape index (κ2) is 7.22. The normalized spacial score (nSPS) is 9.62. The fourth-order valence-corrected chi connectivity index (χ4v) is 2.73. The smallest absolute Gasteiger partial charge is 0.270 e. The Bertz CT molecular complexity index is 966. The van der Waals surface area contributed by atoms with Gasteiger partial charge in [0.1, 0.15) is 17.7 Å². The van der Waals surface area contributed by atoms with Crippen LogP contribution in [-0.4, -0.2) is 14.9 Å². The average molecular weight is 339 g/mol. The van der Waals surface area contributed by atoms with Gasteiger partial charge in [0.25, 0.3) is 11.2 Å². The van der Waals surface area contributed by atoms with Gasteiger partial charge >= 0.3 is 0 Å². The van der Waals surface area contributed by atoms with Crippen LogP contribution in [0.5, 0.6) is 0 Å². The number of nitriles is 2. The molecule has 9 heteroatoms. The SMILES string of the molecule is Cc1cc(=O)[nH]c(Sc2ccc([N+](=O)[O-])cc2C=C(C#N)C#N)n1. The number of aromatic amines is 1. The fraction of sp³-hybridized carbons (Fsp3) is 0.0667. The largest absolute Gasteiger partial charge is 0.301 e. The van der Waals surface area contributed by atoms with Crippen LogP contribution in [0.25, 0.3) is 6.08 Å². The minimum atomic E-state index is -0.572. The van der Waals surface area contributed by atoms with Gasteiger partial charge in [-0.15, -0.1) is 0 Å². The Balaban J connectivity index is 2.55. The molecule has 2 aromatic rings. The van der Waals surface area contributed by atoms with Gasteiger partial charge < -0.3 is 4.98 Å². The number of benzene rings is 1. The first-order valence-electron chi connectivity index (χ1n) is 6.49. The first-order chi connectivity index (χ1) is 11.4. The van der Waals surface area contributed by atoms with Gasteiger partial charge in [-0.2, -0.15) is 10.5 Å². The third kappa shape index (κ3) is 4.06. The molecule has 8 nitrogen and oxygen atoms in total. The standard InChI is InChI=1S/C15H9N5O3S/c1-9-4-14(21)19-15(18-9)24-13-3-2-12(20(22)23)6-11(13)5-10(7-16)8-17/h2-6H,1H3,(H,18,19,21). The highest BCUT2D eigenvalue weighted by Gasteiger charge is 2.12. The number of aryl methyl sites for hydroxylation is 1. The van der Waals surface area contributed by atoms with Gasteiger partial charge in [-0.25, -0.2) is 4.98 Å². The third-order valence-corrected chi connectivity index (χ3v) is 3.78. The third-order valence-electron chi connectivity index (χ3n) is 2.80. The van der Waals surface area contributed by atoms with Gasteiger partial charge in [-0.1, -0.05) is 11.8 Å². The van der Waals surface area contributed by atoms with Gasteiger partial charge in [0.15, 0.2) is 5.16 Å². The molecule has 0 saturated carbocycles. The minimum Gasteiger partial charge on any atom is -0.301 e. The molecular formula is C15H9N5O3S. The Morgan fingerprint density at radius 2 is 2.08 bits per heavy atom. The summed E-state index contributed by atoms with van der Waals surface area (Å²) in [5.74, 6) is 0. The van der Waals surface area contributed by atoms with E-state index < -0.39 is 4.92 Å². The maximum atomic E-state index is 11.5. The molecule has 118 valence electrons. The van der Waals surface area contributed by atoms with Crippen molar-refractivity contribution in [1.82, 2.24) is 9.97 Å². The van der Waals surface area contributed by atoms with E-state index in [2.05, 4.69) is 9.97 Å². The average Bonchev–Trinajstić information content (AvgIpc) is 2.52. The van der Waals surface area contributed by atoms with Crippen molar-refractivity contribution in [3.05, 3.63) is 61.6 Å². The molecule has 0 bridgehead atoms. The molecule has 24 heavy (non-hydrogen) atoms. The van der Waals surface area contributed by atoms with Crippen LogP contribution in [0.4, 0.5) is 5.69 Å². The van der Waals surface area contributed by atoms with Gasteiger partial charge in [-0.05, 0) is 24.6 Å². The van der Waals surface area contributed by atoms with Crippen LogP contribution in [0, 0.1) is 39.7 Å². The monoisotopic (exact) mass is 339 g/mol. The molecule has 0 atom stereocenters. The summed E-state index contributed by atoms with van der Waals surface area (Å²) in [6, 6.07) is 8.78. The van der Waals surface area contributed by atoms with E-state index in [4.69, 9.17) is 10.5 Å². The Morgan fingerprint density at radius 1 is 1.38 bits per heavy atom. The first-order valence-corrected chi connectivity index (χ1v) is 7.30. The number of nitrogens with one attached hydrogen (secondary N) is 1. The van der Waals surface area contributed by atoms with E-state index in [9.17, 15) is 14.9 Å². The summed E-state index contributed by atoms with van der Waals surface area (Å²) in [6.07, 6.45) is 1.25. The van der Waals surface area contributed by atoms with Gasteiger partial charge in [-0.3, -0.25) is 14.9 Å². The van der Waals surface area contributed by atoms with E-state index in [1.54, 1.807) is 19.1 Å². The Kier molecular flexibility index (Phi) is 5.09. The molecule has 0 spiro atoms. The number of nitro benzene ring substituents is 1. The lowest BCUT2D eigenvalue weighted by Gasteiger charge is -2.06. The highest BCUT2D eigenvalue weighted by Crippen LogP contribution is 2.31. The van der Waals surface area contributed by atoms with Crippen LogP contribution in [0.2, 0.25) is 0 Å². The van der Waals surface area contributed by atoms with E-state index in [1.807, 2.05) is 0 Å². The molecule has 0 aliphatic heterocycles. The summed E-state index contributed by atoms with van der Waals surface area (Å²) in [4.78, 5) is 29.1. The molecule has 0 unspecified atom stereocenters. The number of non-ortho nitro benzene ring substituents is 1. The summed E-state index contributed by atoms with van der Waals surface area (Å²) in [6.45, 7) is 1.67. The molecule has 1 N–H and O–H groups in total. The summed E-state index contributed by atoms with van der Waals surface area (Å²) < 4.78 is 0. The number of allylic oxidation sites excluding steroid dienone is 1. The fourth-order valence-electron chi connectivity index (χ4n) is 1.80. The Labute approximate surface area is 140 Å². The molecular weight excluding hydrogens is 330 g/mol. The lowest BCUT2D eigenvalue weighted by molar-refractivity contribution is -0.384. The van der Waals surface area contributed by atoms with Crippen molar-refractivity contribution in [3.63, 3.8) is 0 Å². The van der Waals surface area contributed by atoms with Crippen molar-refractivity contribution in [3.8, 4) is 12.1 Å². The lowest BCUT2D eigenvalue weighted by atomic mass is 10.1. The van der Waals surface area contributed by atoms with Crippen molar-refractivity contribution in [1.29, 1.82) is 10.5 Å². The maximum Gasteiger partial charge on any atom is 0.270 e. The number of rotatable bonds is 4. The number of aromatic nitrogens is 2. The molecule has 2 rings (SSSR count). The predicted molar refractivity (Wildman–Crippen MR) is 86.0 cm³/mol. The van der Waals surface area contributed by atoms with Crippen molar-refractivity contribution in [2.45, 2.75) is 17.0 Å². The highest BCUT2D eigenvalue weighted by atomic mass is 32.2. The molecule has 1 aromatic carbocycles. The van der Waals surface area contributed by atoms with E-state index in [0.29, 0.717) is 21.3 Å². The maximum absolute atomic E-state index is 11.5. The van der Waals surface area contributed by atoms with Crippen LogP contribution in [0.1, 0.15) is 11.3 Å². The lowest BCUT2D eigenvalue weighted by Crippen LogP contribution is -2.08. The Hall–Kier alpha value is -3.43. The summed E-state index contributed by atoms with van der Waals surface area (Å²) in [5, 5.41) is 29.0. The highest BCUT2D eigenvalue weighted by molar-refractivity contribution is 7.99. The topological polar surface area (TPSA) is 136 Å². The van der Waals surface area contributed by atoms with Crippen LogP contribution < -0.4 is 5.56 Å². The molecule has 0 amide bonds. The van der Waals surface area contributed by atoms with Crippen molar-refractivity contribution in [2.24, 2.45) is 0 Å². The van der Waals surface area contributed by atoms with E-state index in [-0.39, 0.29) is 16.8 Å². The van der Waals surface area contributed by atoms with E-state index in [0.717, 1.165) is 11.8 Å². The zero-order chi connectivity index (χ0) is 17.7. The number of hydrogen-bond donors (Lipinski definition) is 1. The van der Waals surface area contributed by atoms with Crippen LogP contribution in [0.15, 0.2) is 44.7 Å². The number of nitro groups is 1. The van der Waals surface area contributed by atoms with Crippen LogP contribution in [-0.2, 0) is 0 Å². The number of H-pyrrole nitrogens is 1. The Morgan fingerprint density at radius 3 is 2.67 bits per heavy atom. The van der Waals surface area contributed by atoms with Gasteiger partial charge in [0.2, 0.25) is 0 Å². The molecule has 0 saturated heterocycles. The summed E-state index contributed by atoms with van der Waals surface area (Å²) in [5.41, 5.74) is 0.153. The van der Waals surface area contributed by atoms with Gasteiger partial charge in [0, 0.05) is 28.8 Å². The molecule has 1 heterocycles. The van der Waals surface area contributed by atoms with Crippen molar-refractivity contribution < 1.29 is 4.92 Å². The summed E-state index contributed by atoms with van der Waals surface area (Å²) >= 11 is 1.07. The molecule has 0 fully saturated rings. The summed E-state index contributed by atoms with van der Waals surface area (Å²) in [7, 11) is 0. The molecule has 0 radical (unpaired) electrons. The molecule has 0 aliphatic carbocycles. The molecule has 0 aliphatic rings. The van der Waals surface area contributed by atoms with Crippen molar-refractivity contribution >= 4 is 23.5 Å². The van der Waals surface area contributed by atoms with Crippen molar-refractivity contribution in [2.75, 3.05) is 0 Å². The zero-order valence-corrected chi connectivity index (χ0v) is 13.1. The van der Waals surface area contributed by atoms with E-state index in [1.165, 1.54) is 30.3 Å². The molecule has 1 aromatic heterocycles. The quantitative estimate of drug-likeness (QED) is 0.391. The first kappa shape index (κ1) is 16.9. The van der Waals surface area contributed by atoms with Crippen LogP contribution in [0.3, 0.4) is 0 Å². The van der Waals surface area contributed by atoms with E-state index >= 15 is 0 Å². The second-order valence-corrected chi connectivity index (χ2v) is 5.59. The zero-order valence-electron chi connectivity index (χ0n) is 12.3.